The van der Waals surface area contributed by atoms with Crippen LogP contribution in [0.4, 0.5) is 4.79 Å². The van der Waals surface area contributed by atoms with E-state index in [0.29, 0.717) is 5.75 Å². The average molecular weight is 220 g/mol. The van der Waals surface area contributed by atoms with Crippen LogP contribution in [0.3, 0.4) is 0 Å². The van der Waals surface area contributed by atoms with Crippen molar-refractivity contribution in [3.8, 4) is 5.75 Å². The molecule has 4 nitrogen and oxygen atoms in total. The van der Waals surface area contributed by atoms with Crippen LogP contribution in [0.25, 0.3) is 0 Å². The molecule has 1 aliphatic rings. The molecule has 4 heteroatoms. The predicted molar refractivity (Wildman–Crippen MR) is 61.2 cm³/mol. The number of ether oxygens (including phenoxy) is 1. The minimum atomic E-state index is -0.398. The number of nitrogens with two attached hydrogens (primary N) is 1. The molecular formula is C12H16N2O2. The summed E-state index contributed by atoms with van der Waals surface area (Å²) in [5.41, 5.74) is 5.76. The Hall–Kier alpha value is -1.55. The Balaban J connectivity index is 1.81. The van der Waals surface area contributed by atoms with Gasteiger partial charge in [-0.25, -0.2) is 4.79 Å². The Labute approximate surface area is 94.8 Å². The zero-order valence-corrected chi connectivity index (χ0v) is 9.06. The summed E-state index contributed by atoms with van der Waals surface area (Å²) in [6.45, 7) is 0. The van der Waals surface area contributed by atoms with E-state index < -0.39 is 6.09 Å². The number of benzene rings is 1. The zero-order chi connectivity index (χ0) is 11.4. The molecule has 0 bridgehead atoms. The Morgan fingerprint density at radius 1 is 1.31 bits per heavy atom. The summed E-state index contributed by atoms with van der Waals surface area (Å²) in [4.78, 5) is 11.5. The zero-order valence-electron chi connectivity index (χ0n) is 9.06. The van der Waals surface area contributed by atoms with Crippen LogP contribution in [0.5, 0.6) is 5.75 Å². The number of rotatable bonds is 2. The first-order valence-corrected chi connectivity index (χ1v) is 5.53. The third-order valence-electron chi connectivity index (χ3n) is 2.75. The monoisotopic (exact) mass is 220 g/mol. The topological polar surface area (TPSA) is 64.3 Å². The third-order valence-corrected chi connectivity index (χ3v) is 2.75. The van der Waals surface area contributed by atoms with Gasteiger partial charge < -0.3 is 15.8 Å². The van der Waals surface area contributed by atoms with Crippen molar-refractivity contribution in [3.05, 3.63) is 30.3 Å². The van der Waals surface area contributed by atoms with Crippen LogP contribution >= 0.6 is 0 Å². The smallest absolute Gasteiger partial charge is 0.410 e. The summed E-state index contributed by atoms with van der Waals surface area (Å²) in [6.07, 6.45) is 2.34. The van der Waals surface area contributed by atoms with E-state index >= 15 is 0 Å². The lowest BCUT2D eigenvalue weighted by Gasteiger charge is -2.12. The number of para-hydroxylation sites is 1. The molecule has 0 saturated heterocycles. The van der Waals surface area contributed by atoms with Gasteiger partial charge in [0.25, 0.3) is 0 Å². The molecule has 0 aliphatic heterocycles. The maximum atomic E-state index is 11.5. The van der Waals surface area contributed by atoms with Gasteiger partial charge in [-0.2, -0.15) is 0 Å². The first kappa shape index (κ1) is 11.0. The van der Waals surface area contributed by atoms with Gasteiger partial charge in [0.2, 0.25) is 0 Å². The fraction of sp³-hybridized carbons (Fsp3) is 0.417. The van der Waals surface area contributed by atoms with E-state index in [-0.39, 0.29) is 12.1 Å². The van der Waals surface area contributed by atoms with Crippen molar-refractivity contribution in [1.82, 2.24) is 5.32 Å². The van der Waals surface area contributed by atoms with E-state index in [1.807, 2.05) is 18.2 Å². The van der Waals surface area contributed by atoms with Crippen LogP contribution in [0.2, 0.25) is 0 Å². The van der Waals surface area contributed by atoms with Gasteiger partial charge in [0.15, 0.2) is 0 Å². The molecule has 0 spiro atoms. The maximum Gasteiger partial charge on any atom is 0.412 e. The number of hydrogen-bond acceptors (Lipinski definition) is 3. The average Bonchev–Trinajstić information content (AvgIpc) is 2.65. The van der Waals surface area contributed by atoms with Gasteiger partial charge in [-0.3, -0.25) is 0 Å². The summed E-state index contributed by atoms with van der Waals surface area (Å²) in [5.74, 6) is 0.558. The van der Waals surface area contributed by atoms with Crippen LogP contribution in [-0.2, 0) is 0 Å². The standard InChI is InChI=1S/C12H16N2O2/c13-9-6-7-10(8-9)14-12(15)16-11-4-2-1-3-5-11/h1-5,9-10H,6-8,13H2,(H,14,15). The second-order valence-corrected chi connectivity index (χ2v) is 4.12. The van der Waals surface area contributed by atoms with Gasteiger partial charge in [0.1, 0.15) is 5.75 Å². The summed E-state index contributed by atoms with van der Waals surface area (Å²) < 4.78 is 5.12. The Kier molecular flexibility index (Phi) is 3.41. The second kappa shape index (κ2) is 4.99. The van der Waals surface area contributed by atoms with Crippen molar-refractivity contribution in [2.24, 2.45) is 5.73 Å². The van der Waals surface area contributed by atoms with E-state index in [9.17, 15) is 4.79 Å². The summed E-state index contributed by atoms with van der Waals surface area (Å²) in [7, 11) is 0. The van der Waals surface area contributed by atoms with Crippen molar-refractivity contribution in [1.29, 1.82) is 0 Å². The van der Waals surface area contributed by atoms with E-state index in [1.165, 1.54) is 0 Å². The van der Waals surface area contributed by atoms with Crippen molar-refractivity contribution in [2.75, 3.05) is 0 Å². The number of hydrogen-bond donors (Lipinski definition) is 2. The van der Waals surface area contributed by atoms with Gasteiger partial charge >= 0.3 is 6.09 Å². The number of carbonyl (C=O) groups excluding carboxylic acids is 1. The highest BCUT2D eigenvalue weighted by atomic mass is 16.6. The molecule has 0 heterocycles. The molecule has 0 radical (unpaired) electrons. The number of nitrogens with one attached hydrogen (secondary N) is 1. The molecule has 1 saturated carbocycles. The highest BCUT2D eigenvalue weighted by Crippen LogP contribution is 2.17. The molecule has 0 aromatic heterocycles. The molecular weight excluding hydrogens is 204 g/mol. The molecule has 2 unspecified atom stereocenters. The second-order valence-electron chi connectivity index (χ2n) is 4.12. The first-order valence-electron chi connectivity index (χ1n) is 5.53. The Morgan fingerprint density at radius 3 is 2.69 bits per heavy atom. The molecule has 16 heavy (non-hydrogen) atoms. The molecule has 1 aromatic rings. The molecule has 1 aromatic carbocycles. The van der Waals surface area contributed by atoms with Crippen LogP contribution < -0.4 is 15.8 Å². The summed E-state index contributed by atoms with van der Waals surface area (Å²) in [5, 5.41) is 2.82. The fourth-order valence-corrected chi connectivity index (χ4v) is 1.94. The highest BCUT2D eigenvalue weighted by molar-refractivity contribution is 5.70. The SMILES string of the molecule is NC1CCC(NC(=O)Oc2ccccc2)C1. The Morgan fingerprint density at radius 2 is 2.06 bits per heavy atom. The highest BCUT2D eigenvalue weighted by Gasteiger charge is 2.23. The normalized spacial score (nSPS) is 24.1. The minimum Gasteiger partial charge on any atom is -0.410 e. The van der Waals surface area contributed by atoms with E-state index in [0.717, 1.165) is 19.3 Å². The van der Waals surface area contributed by atoms with Crippen LogP contribution in [0.15, 0.2) is 30.3 Å². The van der Waals surface area contributed by atoms with Crippen LogP contribution in [0.1, 0.15) is 19.3 Å². The van der Waals surface area contributed by atoms with Gasteiger partial charge in [-0.05, 0) is 31.4 Å². The lowest BCUT2D eigenvalue weighted by atomic mass is 10.2. The molecule has 86 valence electrons. The quantitative estimate of drug-likeness (QED) is 0.796. The minimum absolute atomic E-state index is 0.159. The van der Waals surface area contributed by atoms with E-state index in [1.54, 1.807) is 12.1 Å². The number of carbonyl (C=O) groups is 1. The van der Waals surface area contributed by atoms with Crippen LogP contribution in [0, 0.1) is 0 Å². The molecule has 3 N–H and O–H groups in total. The summed E-state index contributed by atoms with van der Waals surface area (Å²) in [6, 6.07) is 9.40. The molecule has 2 atom stereocenters. The van der Waals surface area contributed by atoms with Crippen molar-refractivity contribution >= 4 is 6.09 Å². The Bertz CT molecular complexity index is 353. The third kappa shape index (κ3) is 2.97. The van der Waals surface area contributed by atoms with E-state index in [2.05, 4.69) is 5.32 Å². The maximum absolute atomic E-state index is 11.5. The molecule has 1 fully saturated rings. The first-order chi connectivity index (χ1) is 7.74. The van der Waals surface area contributed by atoms with Gasteiger partial charge in [0, 0.05) is 12.1 Å². The van der Waals surface area contributed by atoms with Crippen LogP contribution in [-0.4, -0.2) is 18.2 Å². The van der Waals surface area contributed by atoms with Crippen molar-refractivity contribution < 1.29 is 9.53 Å². The van der Waals surface area contributed by atoms with Crippen molar-refractivity contribution in [2.45, 2.75) is 31.3 Å². The lowest BCUT2D eigenvalue weighted by Crippen LogP contribution is -2.36. The molecule has 1 amide bonds. The fourth-order valence-electron chi connectivity index (χ4n) is 1.94. The van der Waals surface area contributed by atoms with Gasteiger partial charge in [0.05, 0.1) is 0 Å². The molecule has 2 rings (SSSR count). The molecule has 1 aliphatic carbocycles. The van der Waals surface area contributed by atoms with Crippen molar-refractivity contribution in [3.63, 3.8) is 0 Å². The lowest BCUT2D eigenvalue weighted by molar-refractivity contribution is 0.196. The predicted octanol–water partition coefficient (Wildman–Crippen LogP) is 1.65. The summed E-state index contributed by atoms with van der Waals surface area (Å²) >= 11 is 0. The van der Waals surface area contributed by atoms with Gasteiger partial charge in [-0.1, -0.05) is 18.2 Å². The largest absolute Gasteiger partial charge is 0.412 e. The van der Waals surface area contributed by atoms with E-state index in [4.69, 9.17) is 10.5 Å². The number of amides is 1. The van der Waals surface area contributed by atoms with Gasteiger partial charge in [-0.15, -0.1) is 0 Å².